The van der Waals surface area contributed by atoms with E-state index < -0.39 is 0 Å². The molecular formula is C15H16ClN5OS. The van der Waals surface area contributed by atoms with Crippen molar-refractivity contribution >= 4 is 23.4 Å². The Labute approximate surface area is 143 Å². The van der Waals surface area contributed by atoms with Gasteiger partial charge in [0, 0.05) is 31.6 Å². The van der Waals surface area contributed by atoms with E-state index in [1.807, 2.05) is 49.3 Å². The Morgan fingerprint density at radius 3 is 2.78 bits per heavy atom. The first kappa shape index (κ1) is 15.9. The van der Waals surface area contributed by atoms with Gasteiger partial charge >= 0.3 is 0 Å². The third kappa shape index (κ3) is 3.86. The van der Waals surface area contributed by atoms with Crippen molar-refractivity contribution in [1.82, 2.24) is 24.5 Å². The summed E-state index contributed by atoms with van der Waals surface area (Å²) in [6.45, 7) is 0.320. The van der Waals surface area contributed by atoms with Crippen LogP contribution in [0.25, 0.3) is 0 Å². The quantitative estimate of drug-likeness (QED) is 0.640. The van der Waals surface area contributed by atoms with E-state index in [1.165, 1.54) is 0 Å². The van der Waals surface area contributed by atoms with Gasteiger partial charge in [0.05, 0.1) is 11.2 Å². The van der Waals surface area contributed by atoms with Gasteiger partial charge in [0.2, 0.25) is 0 Å². The number of rotatable bonds is 6. The van der Waals surface area contributed by atoms with Gasteiger partial charge in [-0.25, -0.2) is 0 Å². The maximum atomic E-state index is 6.08. The van der Waals surface area contributed by atoms with Crippen LogP contribution in [0.2, 0.25) is 5.02 Å². The van der Waals surface area contributed by atoms with Crippen molar-refractivity contribution in [1.29, 1.82) is 0 Å². The van der Waals surface area contributed by atoms with Crippen molar-refractivity contribution in [2.45, 2.75) is 17.5 Å². The molecule has 0 unspecified atom stereocenters. The topological polar surface area (TPSA) is 57.8 Å². The number of thioether (sulfide) groups is 1. The molecule has 0 atom stereocenters. The average Bonchev–Trinajstić information content (AvgIpc) is 3.11. The Bertz CT molecular complexity index is 801. The third-order valence-electron chi connectivity index (χ3n) is 3.24. The maximum absolute atomic E-state index is 6.08. The van der Waals surface area contributed by atoms with E-state index in [0.29, 0.717) is 17.4 Å². The minimum absolute atomic E-state index is 0.320. The monoisotopic (exact) mass is 349 g/mol. The number of nitrogens with zero attached hydrogens (tertiary/aromatic N) is 5. The lowest BCUT2D eigenvalue weighted by Crippen LogP contribution is -2.04. The van der Waals surface area contributed by atoms with E-state index in [1.54, 1.807) is 22.5 Å². The van der Waals surface area contributed by atoms with Gasteiger partial charge in [-0.3, -0.25) is 4.68 Å². The van der Waals surface area contributed by atoms with Crippen molar-refractivity contribution in [3.8, 4) is 5.75 Å². The fourth-order valence-corrected chi connectivity index (χ4v) is 3.03. The number of halogens is 1. The molecule has 2 heterocycles. The molecule has 3 rings (SSSR count). The summed E-state index contributed by atoms with van der Waals surface area (Å²) in [6.07, 6.45) is 3.84. The molecule has 6 nitrogen and oxygen atoms in total. The highest BCUT2D eigenvalue weighted by atomic mass is 35.5. The van der Waals surface area contributed by atoms with E-state index in [2.05, 4.69) is 15.3 Å². The molecular weight excluding hydrogens is 334 g/mol. The summed E-state index contributed by atoms with van der Waals surface area (Å²) in [5, 5.41) is 14.0. The molecule has 3 aromatic rings. The minimum Gasteiger partial charge on any atom is -0.484 e. The number of aromatic nitrogens is 5. The summed E-state index contributed by atoms with van der Waals surface area (Å²) in [4.78, 5) is 0. The number of ether oxygens (including phenoxy) is 1. The van der Waals surface area contributed by atoms with Gasteiger partial charge in [0.25, 0.3) is 0 Å². The van der Waals surface area contributed by atoms with Crippen LogP contribution >= 0.6 is 23.4 Å². The highest BCUT2D eigenvalue weighted by Gasteiger charge is 2.11. The summed E-state index contributed by atoms with van der Waals surface area (Å²) in [5.74, 6) is 2.19. The first-order valence-corrected chi connectivity index (χ1v) is 8.36. The number of hydrogen-bond acceptors (Lipinski definition) is 5. The van der Waals surface area contributed by atoms with Crippen LogP contribution in [-0.2, 0) is 26.5 Å². The second-order valence-electron chi connectivity index (χ2n) is 4.99. The van der Waals surface area contributed by atoms with Crippen LogP contribution in [0.5, 0.6) is 5.75 Å². The predicted molar refractivity (Wildman–Crippen MR) is 89.6 cm³/mol. The Morgan fingerprint density at radius 2 is 2.04 bits per heavy atom. The molecule has 1 aromatic carbocycles. The number of aryl methyl sites for hydroxylation is 1. The molecule has 0 fully saturated rings. The Morgan fingerprint density at radius 1 is 1.22 bits per heavy atom. The summed E-state index contributed by atoms with van der Waals surface area (Å²) in [5.41, 5.74) is 1.15. The highest BCUT2D eigenvalue weighted by molar-refractivity contribution is 7.98. The summed E-state index contributed by atoms with van der Waals surface area (Å²) >= 11 is 7.69. The lowest BCUT2D eigenvalue weighted by atomic mass is 10.3. The van der Waals surface area contributed by atoms with Gasteiger partial charge in [-0.2, -0.15) is 5.10 Å². The number of para-hydroxylation sites is 1. The van der Waals surface area contributed by atoms with E-state index in [0.717, 1.165) is 22.3 Å². The Hall–Kier alpha value is -1.99. The molecule has 120 valence electrons. The first-order chi connectivity index (χ1) is 11.1. The standard InChI is InChI=1S/C15H16ClN5OS/c1-20-8-11(7-17-20)10-23-15-19-18-14(21(15)2)9-22-13-6-4-3-5-12(13)16/h3-8H,9-10H2,1-2H3. The van der Waals surface area contributed by atoms with Crippen molar-refractivity contribution in [3.63, 3.8) is 0 Å². The molecule has 0 saturated carbocycles. The van der Waals surface area contributed by atoms with E-state index in [-0.39, 0.29) is 0 Å². The Balaban J connectivity index is 1.61. The largest absolute Gasteiger partial charge is 0.484 e. The smallest absolute Gasteiger partial charge is 0.191 e. The van der Waals surface area contributed by atoms with E-state index in [9.17, 15) is 0 Å². The third-order valence-corrected chi connectivity index (χ3v) is 4.65. The molecule has 0 bridgehead atoms. The molecule has 0 aliphatic heterocycles. The predicted octanol–water partition coefficient (Wildman–Crippen LogP) is 3.07. The van der Waals surface area contributed by atoms with Gasteiger partial charge in [0.15, 0.2) is 11.0 Å². The molecule has 0 saturated heterocycles. The molecule has 23 heavy (non-hydrogen) atoms. The molecule has 2 aromatic heterocycles. The van der Waals surface area contributed by atoms with Crippen molar-refractivity contribution in [2.75, 3.05) is 0 Å². The van der Waals surface area contributed by atoms with Gasteiger partial charge < -0.3 is 9.30 Å². The number of hydrogen-bond donors (Lipinski definition) is 0. The fourth-order valence-electron chi connectivity index (χ4n) is 1.99. The fraction of sp³-hybridized carbons (Fsp3) is 0.267. The first-order valence-electron chi connectivity index (χ1n) is 6.99. The van der Waals surface area contributed by atoms with Crippen molar-refractivity contribution < 1.29 is 4.74 Å². The van der Waals surface area contributed by atoms with Crippen LogP contribution in [0.1, 0.15) is 11.4 Å². The van der Waals surface area contributed by atoms with Crippen LogP contribution in [0.4, 0.5) is 0 Å². The van der Waals surface area contributed by atoms with E-state index >= 15 is 0 Å². The second kappa shape index (κ2) is 7.06. The minimum atomic E-state index is 0.320. The van der Waals surface area contributed by atoms with Crippen LogP contribution < -0.4 is 4.74 Å². The van der Waals surface area contributed by atoms with Crippen LogP contribution in [0.15, 0.2) is 41.8 Å². The normalized spacial score (nSPS) is 10.9. The van der Waals surface area contributed by atoms with Crippen LogP contribution in [0.3, 0.4) is 0 Å². The molecule has 0 aliphatic carbocycles. The molecule has 8 heteroatoms. The lowest BCUT2D eigenvalue weighted by Gasteiger charge is -2.07. The van der Waals surface area contributed by atoms with Crippen LogP contribution in [-0.4, -0.2) is 24.5 Å². The lowest BCUT2D eigenvalue weighted by molar-refractivity contribution is 0.290. The van der Waals surface area contributed by atoms with Crippen LogP contribution in [0, 0.1) is 0 Å². The zero-order valence-electron chi connectivity index (χ0n) is 12.8. The van der Waals surface area contributed by atoms with Crippen molar-refractivity contribution in [2.24, 2.45) is 14.1 Å². The van der Waals surface area contributed by atoms with Gasteiger partial charge in [-0.05, 0) is 12.1 Å². The zero-order valence-corrected chi connectivity index (χ0v) is 14.4. The van der Waals surface area contributed by atoms with Gasteiger partial charge in [0.1, 0.15) is 12.4 Å². The average molecular weight is 350 g/mol. The maximum Gasteiger partial charge on any atom is 0.191 e. The molecule has 0 aliphatic rings. The Kier molecular flexibility index (Phi) is 4.88. The molecule has 0 amide bonds. The molecule has 0 N–H and O–H groups in total. The molecule has 0 radical (unpaired) electrons. The summed E-state index contributed by atoms with van der Waals surface area (Å²) < 4.78 is 9.42. The van der Waals surface area contributed by atoms with Gasteiger partial charge in [-0.1, -0.05) is 35.5 Å². The van der Waals surface area contributed by atoms with E-state index in [4.69, 9.17) is 16.3 Å². The zero-order chi connectivity index (χ0) is 16.2. The molecule has 0 spiro atoms. The van der Waals surface area contributed by atoms with Gasteiger partial charge in [-0.15, -0.1) is 10.2 Å². The summed E-state index contributed by atoms with van der Waals surface area (Å²) in [7, 11) is 3.83. The SMILES string of the molecule is Cn1cc(CSc2nnc(COc3ccccc3Cl)n2C)cn1. The van der Waals surface area contributed by atoms with Crippen molar-refractivity contribution in [3.05, 3.63) is 53.1 Å². The summed E-state index contributed by atoms with van der Waals surface area (Å²) in [6, 6.07) is 7.37. The number of benzene rings is 1. The second-order valence-corrected chi connectivity index (χ2v) is 6.34. The highest BCUT2D eigenvalue weighted by Crippen LogP contribution is 2.25.